The van der Waals surface area contributed by atoms with Crippen molar-refractivity contribution in [2.24, 2.45) is 0 Å². The highest BCUT2D eigenvalue weighted by molar-refractivity contribution is 7.45. The number of phosphoric acid groups is 1. The van der Waals surface area contributed by atoms with Crippen molar-refractivity contribution in [1.82, 2.24) is 5.32 Å². The van der Waals surface area contributed by atoms with Gasteiger partial charge in [0.2, 0.25) is 5.91 Å². The van der Waals surface area contributed by atoms with Crippen LogP contribution in [0.25, 0.3) is 0 Å². The molecule has 0 aromatic heterocycles. The standard InChI is InChI=1S/C34H67N2O6P/c1-6-8-10-12-14-16-17-18-20-21-23-25-27-33(37)32(31-42-43(39,40)41-30-29-36(3,4)5)35-34(38)28-26-24-22-19-15-13-11-9-7-2/h18,20,25,27,32-33,37H,6-17,19,21-24,26,28-31H2,1-5H3,(H-,35,38,39,40)/b20-18+,27-25+. The van der Waals surface area contributed by atoms with E-state index in [-0.39, 0.29) is 12.5 Å². The topological polar surface area (TPSA) is 108 Å². The first kappa shape index (κ1) is 42.0. The molecule has 0 spiro atoms. The molecular formula is C34H67N2O6P. The Kier molecular flexibility index (Phi) is 26.7. The van der Waals surface area contributed by atoms with Crippen LogP contribution in [0.4, 0.5) is 0 Å². The maximum atomic E-state index is 12.7. The van der Waals surface area contributed by atoms with Gasteiger partial charge in [-0.1, -0.05) is 122 Å². The highest BCUT2D eigenvalue weighted by atomic mass is 31.2. The van der Waals surface area contributed by atoms with Crippen LogP contribution in [0, 0.1) is 0 Å². The number of phosphoric ester groups is 1. The highest BCUT2D eigenvalue weighted by Gasteiger charge is 2.23. The van der Waals surface area contributed by atoms with Crippen LogP contribution in [-0.2, 0) is 18.4 Å². The van der Waals surface area contributed by atoms with Gasteiger partial charge in [-0.05, 0) is 32.1 Å². The number of unbranched alkanes of at least 4 members (excludes halogenated alkanes) is 15. The highest BCUT2D eigenvalue weighted by Crippen LogP contribution is 2.38. The monoisotopic (exact) mass is 630 g/mol. The Morgan fingerprint density at radius 2 is 1.30 bits per heavy atom. The molecule has 254 valence electrons. The van der Waals surface area contributed by atoms with Gasteiger partial charge in [-0.15, -0.1) is 0 Å². The summed E-state index contributed by atoms with van der Waals surface area (Å²) in [6.07, 6.45) is 28.0. The second kappa shape index (κ2) is 27.3. The quantitative estimate of drug-likeness (QED) is 0.0366. The average molecular weight is 631 g/mol. The minimum Gasteiger partial charge on any atom is -0.756 e. The number of quaternary nitrogens is 1. The van der Waals surface area contributed by atoms with Crippen molar-refractivity contribution in [3.63, 3.8) is 0 Å². The molecule has 0 aliphatic rings. The van der Waals surface area contributed by atoms with Gasteiger partial charge in [-0.25, -0.2) is 0 Å². The zero-order valence-electron chi connectivity index (χ0n) is 28.4. The van der Waals surface area contributed by atoms with E-state index in [0.29, 0.717) is 17.4 Å². The van der Waals surface area contributed by atoms with Crippen molar-refractivity contribution in [1.29, 1.82) is 0 Å². The molecule has 43 heavy (non-hydrogen) atoms. The summed E-state index contributed by atoms with van der Waals surface area (Å²) in [4.78, 5) is 25.0. The van der Waals surface area contributed by atoms with E-state index in [1.807, 2.05) is 27.2 Å². The summed E-state index contributed by atoms with van der Waals surface area (Å²) in [5, 5.41) is 13.6. The number of hydrogen-bond acceptors (Lipinski definition) is 6. The number of aliphatic hydroxyl groups is 1. The van der Waals surface area contributed by atoms with E-state index in [1.165, 1.54) is 77.0 Å². The van der Waals surface area contributed by atoms with E-state index in [2.05, 4.69) is 31.3 Å². The molecule has 0 fully saturated rings. The first-order valence-electron chi connectivity index (χ1n) is 17.2. The molecular weight excluding hydrogens is 563 g/mol. The second-order valence-electron chi connectivity index (χ2n) is 12.9. The van der Waals surface area contributed by atoms with Crippen LogP contribution in [0.5, 0.6) is 0 Å². The summed E-state index contributed by atoms with van der Waals surface area (Å²) in [5.41, 5.74) is 0. The first-order valence-corrected chi connectivity index (χ1v) is 18.7. The fourth-order valence-corrected chi connectivity index (χ4v) is 5.30. The molecule has 0 aliphatic heterocycles. The van der Waals surface area contributed by atoms with E-state index in [9.17, 15) is 19.4 Å². The van der Waals surface area contributed by atoms with E-state index < -0.39 is 26.6 Å². The number of amides is 1. The van der Waals surface area contributed by atoms with Crippen LogP contribution in [0.15, 0.2) is 24.3 Å². The van der Waals surface area contributed by atoms with Gasteiger partial charge in [0.25, 0.3) is 7.82 Å². The van der Waals surface area contributed by atoms with E-state index >= 15 is 0 Å². The lowest BCUT2D eigenvalue weighted by Crippen LogP contribution is -2.45. The Morgan fingerprint density at radius 1 is 0.791 bits per heavy atom. The number of nitrogens with zero attached hydrogens (tertiary/aromatic N) is 1. The molecule has 0 aromatic carbocycles. The number of aliphatic hydroxyl groups excluding tert-OH is 1. The van der Waals surface area contributed by atoms with Gasteiger partial charge in [0.05, 0.1) is 39.9 Å². The number of carbonyl (C=O) groups is 1. The van der Waals surface area contributed by atoms with Crippen LogP contribution in [0.2, 0.25) is 0 Å². The van der Waals surface area contributed by atoms with Gasteiger partial charge >= 0.3 is 0 Å². The van der Waals surface area contributed by atoms with Gasteiger partial charge in [0.15, 0.2) is 0 Å². The number of likely N-dealkylation sites (N-methyl/N-ethyl adjacent to an activating group) is 1. The lowest BCUT2D eigenvalue weighted by molar-refractivity contribution is -0.870. The predicted octanol–water partition coefficient (Wildman–Crippen LogP) is 7.60. The zero-order chi connectivity index (χ0) is 32.2. The molecule has 0 heterocycles. The molecule has 0 bridgehead atoms. The Morgan fingerprint density at radius 3 is 1.88 bits per heavy atom. The van der Waals surface area contributed by atoms with Crippen LogP contribution in [-0.4, -0.2) is 68.5 Å². The third kappa shape index (κ3) is 29.5. The van der Waals surface area contributed by atoms with Crippen molar-refractivity contribution in [2.45, 2.75) is 148 Å². The Labute approximate surface area is 264 Å². The summed E-state index contributed by atoms with van der Waals surface area (Å²) >= 11 is 0. The second-order valence-corrected chi connectivity index (χ2v) is 14.3. The Balaban J connectivity index is 4.68. The van der Waals surface area contributed by atoms with Gasteiger partial charge in [-0.2, -0.15) is 0 Å². The van der Waals surface area contributed by atoms with Gasteiger partial charge in [0, 0.05) is 6.42 Å². The summed E-state index contributed by atoms with van der Waals surface area (Å²) in [6, 6.07) is -0.894. The molecule has 0 aromatic rings. The number of carbonyl (C=O) groups excluding carboxylic acids is 1. The average Bonchev–Trinajstić information content (AvgIpc) is 2.94. The minimum absolute atomic E-state index is 0.00522. The predicted molar refractivity (Wildman–Crippen MR) is 178 cm³/mol. The largest absolute Gasteiger partial charge is 0.756 e. The SMILES string of the molecule is CCCCCCCC/C=C/CC/C=C/C(O)C(COP(=O)([O-])OCC[N+](C)(C)C)NC(=O)CCCCCCCCCCC. The molecule has 0 aliphatic carbocycles. The smallest absolute Gasteiger partial charge is 0.268 e. The minimum atomic E-state index is -4.57. The van der Waals surface area contributed by atoms with Crippen LogP contribution < -0.4 is 10.2 Å². The maximum absolute atomic E-state index is 12.7. The summed E-state index contributed by atoms with van der Waals surface area (Å²) in [5.74, 6) is -0.215. The van der Waals surface area contributed by atoms with Crippen LogP contribution in [0.1, 0.15) is 136 Å². The summed E-state index contributed by atoms with van der Waals surface area (Å²) in [6.45, 7) is 4.55. The van der Waals surface area contributed by atoms with Crippen molar-refractivity contribution >= 4 is 13.7 Å². The van der Waals surface area contributed by atoms with Gasteiger partial charge < -0.3 is 28.8 Å². The van der Waals surface area contributed by atoms with Crippen molar-refractivity contribution < 1.29 is 32.9 Å². The van der Waals surface area contributed by atoms with Gasteiger partial charge in [-0.3, -0.25) is 9.36 Å². The molecule has 9 heteroatoms. The fourth-order valence-electron chi connectivity index (χ4n) is 4.58. The number of nitrogens with one attached hydrogen (secondary N) is 1. The fraction of sp³-hybridized carbons (Fsp3) is 0.853. The number of rotatable bonds is 30. The molecule has 0 rings (SSSR count). The molecule has 0 radical (unpaired) electrons. The Hall–Kier alpha value is -1.02. The van der Waals surface area contributed by atoms with Gasteiger partial charge in [0.1, 0.15) is 13.2 Å². The van der Waals surface area contributed by atoms with Crippen LogP contribution >= 0.6 is 7.82 Å². The lowest BCUT2D eigenvalue weighted by atomic mass is 10.1. The number of allylic oxidation sites excluding steroid dienone is 3. The van der Waals surface area contributed by atoms with E-state index in [0.717, 1.165) is 38.5 Å². The lowest BCUT2D eigenvalue weighted by Gasteiger charge is -2.29. The third-order valence-corrected chi connectivity index (χ3v) is 8.38. The Bertz CT molecular complexity index is 768. The van der Waals surface area contributed by atoms with Crippen LogP contribution in [0.3, 0.4) is 0 Å². The maximum Gasteiger partial charge on any atom is 0.268 e. The van der Waals surface area contributed by atoms with E-state index in [1.54, 1.807) is 6.08 Å². The first-order chi connectivity index (χ1) is 20.5. The van der Waals surface area contributed by atoms with E-state index in [4.69, 9.17) is 9.05 Å². The molecule has 0 saturated heterocycles. The van der Waals surface area contributed by atoms with Crippen molar-refractivity contribution in [3.05, 3.63) is 24.3 Å². The molecule has 8 nitrogen and oxygen atoms in total. The molecule has 1 amide bonds. The zero-order valence-corrected chi connectivity index (χ0v) is 29.3. The molecule has 0 saturated carbocycles. The third-order valence-electron chi connectivity index (χ3n) is 7.41. The molecule has 2 N–H and O–H groups in total. The molecule has 3 atom stereocenters. The summed E-state index contributed by atoms with van der Waals surface area (Å²) < 4.78 is 22.9. The number of hydrogen-bond donors (Lipinski definition) is 2. The molecule has 3 unspecified atom stereocenters. The normalized spacial score (nSPS) is 15.2. The van der Waals surface area contributed by atoms with Crippen molar-refractivity contribution in [3.8, 4) is 0 Å². The summed E-state index contributed by atoms with van der Waals surface area (Å²) in [7, 11) is 1.24. The van der Waals surface area contributed by atoms with Crippen molar-refractivity contribution in [2.75, 3.05) is 40.9 Å².